The van der Waals surface area contributed by atoms with Gasteiger partial charge in [-0.25, -0.2) is 0 Å². The number of nitrogens with one attached hydrogen (secondary N) is 1. The van der Waals surface area contributed by atoms with Crippen LogP contribution in [0.15, 0.2) is 48.5 Å². The third-order valence-corrected chi connectivity index (χ3v) is 5.10. The zero-order valence-corrected chi connectivity index (χ0v) is 17.6. The summed E-state index contributed by atoms with van der Waals surface area (Å²) in [6.07, 6.45) is 2.02. The van der Waals surface area contributed by atoms with E-state index in [1.165, 1.54) is 5.56 Å². The number of likely N-dealkylation sites (N-methyl/N-ethyl adjacent to an activating group) is 1. The van der Waals surface area contributed by atoms with E-state index in [9.17, 15) is 9.59 Å². The van der Waals surface area contributed by atoms with Crippen molar-refractivity contribution in [2.45, 2.75) is 52.6 Å². The Morgan fingerprint density at radius 3 is 2.11 bits per heavy atom. The van der Waals surface area contributed by atoms with Gasteiger partial charge in [-0.3, -0.25) is 9.59 Å². The second kappa shape index (κ2) is 10.9. The van der Waals surface area contributed by atoms with Gasteiger partial charge in [-0.2, -0.15) is 0 Å². The summed E-state index contributed by atoms with van der Waals surface area (Å²) in [6, 6.07) is 15.2. The van der Waals surface area contributed by atoms with Crippen molar-refractivity contribution in [3.63, 3.8) is 0 Å². The fourth-order valence-electron chi connectivity index (χ4n) is 3.03. The smallest absolute Gasteiger partial charge is 0.242 e. The highest BCUT2D eigenvalue weighted by Crippen LogP contribution is 2.16. The molecule has 0 saturated carbocycles. The molecule has 2 aromatic carbocycles. The summed E-state index contributed by atoms with van der Waals surface area (Å²) in [6.45, 7) is 6.68. The Morgan fingerprint density at radius 2 is 1.54 bits per heavy atom. The molecule has 0 radical (unpaired) electrons. The van der Waals surface area contributed by atoms with E-state index in [2.05, 4.69) is 36.5 Å². The second-order valence-corrected chi connectivity index (χ2v) is 7.33. The minimum Gasteiger partial charge on any atom is -0.355 e. The molecule has 2 amide bonds. The number of aryl methyl sites for hydroxylation is 2. The number of halogens is 1. The van der Waals surface area contributed by atoms with Crippen molar-refractivity contribution in [2.24, 2.45) is 0 Å². The van der Waals surface area contributed by atoms with Gasteiger partial charge in [0.05, 0.1) is 0 Å². The lowest BCUT2D eigenvalue weighted by Gasteiger charge is -2.29. The first-order chi connectivity index (χ1) is 13.4. The van der Waals surface area contributed by atoms with Crippen LogP contribution in [0, 0.1) is 0 Å². The molecule has 28 heavy (non-hydrogen) atoms. The van der Waals surface area contributed by atoms with Gasteiger partial charge in [0.1, 0.15) is 6.04 Å². The monoisotopic (exact) mass is 400 g/mol. The quantitative estimate of drug-likeness (QED) is 0.678. The van der Waals surface area contributed by atoms with Crippen LogP contribution >= 0.6 is 11.6 Å². The molecule has 2 rings (SSSR count). The van der Waals surface area contributed by atoms with Crippen LogP contribution in [0.5, 0.6) is 0 Å². The summed E-state index contributed by atoms with van der Waals surface area (Å²) in [5.74, 6) is -0.176. The van der Waals surface area contributed by atoms with Crippen molar-refractivity contribution in [1.82, 2.24) is 10.2 Å². The summed E-state index contributed by atoms with van der Waals surface area (Å²) >= 11 is 5.96. The van der Waals surface area contributed by atoms with Gasteiger partial charge < -0.3 is 10.2 Å². The highest BCUT2D eigenvalue weighted by Gasteiger charge is 2.25. The van der Waals surface area contributed by atoms with E-state index in [1.54, 1.807) is 24.0 Å². The first kappa shape index (κ1) is 22.0. The number of carbonyl (C=O) groups is 2. The molecule has 0 bridgehead atoms. The Labute approximate surface area is 172 Å². The third kappa shape index (κ3) is 6.38. The Kier molecular flexibility index (Phi) is 8.52. The number of hydrogen-bond donors (Lipinski definition) is 1. The summed E-state index contributed by atoms with van der Waals surface area (Å²) in [5, 5.41) is 3.46. The highest BCUT2D eigenvalue weighted by atomic mass is 35.5. The maximum absolute atomic E-state index is 13.0. The van der Waals surface area contributed by atoms with Gasteiger partial charge in [0.25, 0.3) is 0 Å². The molecular weight excluding hydrogens is 372 g/mol. The molecule has 0 spiro atoms. The molecule has 0 aliphatic carbocycles. The summed E-state index contributed by atoms with van der Waals surface area (Å²) in [5.41, 5.74) is 3.35. The average molecular weight is 401 g/mol. The number of rotatable bonds is 9. The number of nitrogens with zero attached hydrogens (tertiary/aromatic N) is 1. The Hall–Kier alpha value is -2.33. The molecule has 150 valence electrons. The Morgan fingerprint density at radius 1 is 0.964 bits per heavy atom. The third-order valence-electron chi connectivity index (χ3n) is 4.84. The number of amides is 2. The fourth-order valence-corrected chi connectivity index (χ4v) is 3.15. The molecule has 2 aromatic rings. The van der Waals surface area contributed by atoms with Crippen molar-refractivity contribution in [2.75, 3.05) is 6.54 Å². The molecule has 0 aliphatic heterocycles. The van der Waals surface area contributed by atoms with E-state index in [1.807, 2.05) is 19.1 Å². The van der Waals surface area contributed by atoms with Gasteiger partial charge in [0, 0.05) is 24.5 Å². The fraction of sp³-hybridized carbons (Fsp3) is 0.391. The van der Waals surface area contributed by atoms with Gasteiger partial charge in [0.2, 0.25) is 11.8 Å². The molecule has 1 N–H and O–H groups in total. The lowest BCUT2D eigenvalue weighted by Crippen LogP contribution is -2.47. The van der Waals surface area contributed by atoms with Gasteiger partial charge in [-0.1, -0.05) is 54.9 Å². The van der Waals surface area contributed by atoms with Crippen LogP contribution in [0.25, 0.3) is 0 Å². The van der Waals surface area contributed by atoms with Crippen molar-refractivity contribution in [1.29, 1.82) is 0 Å². The summed E-state index contributed by atoms with van der Waals surface area (Å²) in [7, 11) is 0. The SMILES string of the molecule is CCNC(=O)[C@@H](C)N(Cc1ccc(Cl)cc1)C(=O)CCc1ccc(CC)cc1. The molecule has 0 fully saturated rings. The zero-order chi connectivity index (χ0) is 20.5. The average Bonchev–Trinajstić information content (AvgIpc) is 2.71. The van der Waals surface area contributed by atoms with Gasteiger partial charge in [-0.15, -0.1) is 0 Å². The second-order valence-electron chi connectivity index (χ2n) is 6.89. The maximum atomic E-state index is 13.0. The van der Waals surface area contributed by atoms with E-state index in [0.29, 0.717) is 31.0 Å². The molecule has 4 nitrogen and oxygen atoms in total. The first-order valence-electron chi connectivity index (χ1n) is 9.84. The molecule has 0 saturated heterocycles. The molecule has 0 aliphatic rings. The maximum Gasteiger partial charge on any atom is 0.242 e. The largest absolute Gasteiger partial charge is 0.355 e. The Balaban J connectivity index is 2.10. The van der Waals surface area contributed by atoms with Crippen LogP contribution in [-0.2, 0) is 29.0 Å². The van der Waals surface area contributed by atoms with Crippen LogP contribution < -0.4 is 5.32 Å². The van der Waals surface area contributed by atoms with Gasteiger partial charge in [-0.05, 0) is 55.5 Å². The number of hydrogen-bond acceptors (Lipinski definition) is 2. The lowest BCUT2D eigenvalue weighted by molar-refractivity contribution is -0.140. The van der Waals surface area contributed by atoms with Crippen LogP contribution in [0.2, 0.25) is 5.02 Å². The normalized spacial score (nSPS) is 11.7. The zero-order valence-electron chi connectivity index (χ0n) is 16.9. The number of carbonyl (C=O) groups excluding carboxylic acids is 2. The first-order valence-corrected chi connectivity index (χ1v) is 10.2. The van der Waals surface area contributed by atoms with Crippen LogP contribution in [0.4, 0.5) is 0 Å². The van der Waals surface area contributed by atoms with Crippen LogP contribution in [0.3, 0.4) is 0 Å². The Bertz CT molecular complexity index is 772. The summed E-state index contributed by atoms with van der Waals surface area (Å²) in [4.78, 5) is 27.0. The van der Waals surface area contributed by atoms with E-state index < -0.39 is 6.04 Å². The van der Waals surface area contributed by atoms with E-state index in [4.69, 9.17) is 11.6 Å². The topological polar surface area (TPSA) is 49.4 Å². The van der Waals surface area contributed by atoms with Crippen molar-refractivity contribution < 1.29 is 9.59 Å². The predicted molar refractivity (Wildman–Crippen MR) is 114 cm³/mol. The summed E-state index contributed by atoms with van der Waals surface area (Å²) < 4.78 is 0. The minimum atomic E-state index is -0.536. The highest BCUT2D eigenvalue weighted by molar-refractivity contribution is 6.30. The minimum absolute atomic E-state index is 0.0340. The molecule has 1 atom stereocenters. The van der Waals surface area contributed by atoms with Crippen molar-refractivity contribution in [3.8, 4) is 0 Å². The van der Waals surface area contributed by atoms with Gasteiger partial charge >= 0.3 is 0 Å². The lowest BCUT2D eigenvalue weighted by atomic mass is 10.0. The van der Waals surface area contributed by atoms with E-state index in [0.717, 1.165) is 17.5 Å². The van der Waals surface area contributed by atoms with Crippen molar-refractivity contribution in [3.05, 3.63) is 70.2 Å². The molecule has 0 unspecified atom stereocenters. The van der Waals surface area contributed by atoms with Gasteiger partial charge in [0.15, 0.2) is 0 Å². The molecule has 5 heteroatoms. The molecule has 0 heterocycles. The molecular formula is C23H29ClN2O2. The van der Waals surface area contributed by atoms with E-state index >= 15 is 0 Å². The number of benzene rings is 2. The predicted octanol–water partition coefficient (Wildman–Crippen LogP) is 4.39. The van der Waals surface area contributed by atoms with Crippen molar-refractivity contribution >= 4 is 23.4 Å². The molecule has 0 aromatic heterocycles. The van der Waals surface area contributed by atoms with Crippen LogP contribution in [-0.4, -0.2) is 29.3 Å². The van der Waals surface area contributed by atoms with E-state index in [-0.39, 0.29) is 11.8 Å². The standard InChI is InChI=1S/C23H29ClN2O2/c1-4-18-6-8-19(9-7-18)12-15-22(27)26(17(3)23(28)25-5-2)16-20-10-13-21(24)14-11-20/h6-11,13-14,17H,4-5,12,15-16H2,1-3H3,(H,25,28)/t17-/m1/s1. The van der Waals surface area contributed by atoms with Crippen LogP contribution in [0.1, 0.15) is 43.9 Å².